The van der Waals surface area contributed by atoms with Crippen LogP contribution in [-0.2, 0) is 14.3 Å². The second-order valence-corrected chi connectivity index (χ2v) is 1.31. The number of ether oxygens (including phenoxy) is 2. The molecule has 0 unspecified atom stereocenters. The highest BCUT2D eigenvalue weighted by Crippen LogP contribution is 1.84. The van der Waals surface area contributed by atoms with Crippen molar-refractivity contribution in [1.82, 2.24) is 0 Å². The molecule has 1 fully saturated rings. The van der Waals surface area contributed by atoms with Crippen molar-refractivity contribution in [3.05, 3.63) is 0 Å². The molecule has 0 aliphatic carbocycles. The van der Waals surface area contributed by atoms with E-state index in [4.69, 9.17) is 0 Å². The Morgan fingerprint density at radius 3 is 1.88 bits per heavy atom. The van der Waals surface area contributed by atoms with Gasteiger partial charge in [-0.2, -0.15) is 0 Å². The molecule has 3 nitrogen and oxygen atoms in total. The molecule has 1 rings (SSSR count). The van der Waals surface area contributed by atoms with Crippen molar-refractivity contribution in [1.29, 1.82) is 0 Å². The Bertz CT molecular complexity index is 65.3. The van der Waals surface area contributed by atoms with Crippen LogP contribution in [0.3, 0.4) is 0 Å². The van der Waals surface area contributed by atoms with E-state index in [9.17, 15) is 4.79 Å². The summed E-state index contributed by atoms with van der Waals surface area (Å²) in [6.07, 6.45) is 0. The van der Waals surface area contributed by atoms with Gasteiger partial charge in [0.2, 0.25) is 0 Å². The maximum absolute atomic E-state index is 9.59. The van der Waals surface area contributed by atoms with Gasteiger partial charge in [0.1, 0.15) is 0 Å². The molecule has 0 saturated carbocycles. The standard InChI is InChI=1S/C3H6O2.C2H4O/c1-3(4)5-2;1-2-3-1/h1-2H3;1-2H2. The molecule has 0 N–H and O–H groups in total. The van der Waals surface area contributed by atoms with Crippen LogP contribution in [0.1, 0.15) is 6.92 Å². The van der Waals surface area contributed by atoms with Crippen LogP contribution in [0.25, 0.3) is 0 Å². The highest BCUT2D eigenvalue weighted by Gasteiger charge is 1.94. The molecule has 0 radical (unpaired) electrons. The van der Waals surface area contributed by atoms with Crippen LogP contribution >= 0.6 is 0 Å². The smallest absolute Gasteiger partial charge is 0.302 e. The Labute approximate surface area is 48.6 Å². The summed E-state index contributed by atoms with van der Waals surface area (Å²) < 4.78 is 8.61. The molecule has 0 bridgehead atoms. The molecule has 0 atom stereocenters. The molecule has 1 heterocycles. The largest absolute Gasteiger partial charge is 0.469 e. The van der Waals surface area contributed by atoms with Gasteiger partial charge in [-0.05, 0) is 0 Å². The summed E-state index contributed by atoms with van der Waals surface area (Å²) in [7, 11) is 1.35. The highest BCUT2D eigenvalue weighted by atomic mass is 16.6. The molecule has 0 amide bonds. The lowest BCUT2D eigenvalue weighted by molar-refractivity contribution is -0.137. The average Bonchev–Trinajstić information content (AvgIpc) is 2.48. The Kier molecular flexibility index (Phi) is 4.26. The van der Waals surface area contributed by atoms with Gasteiger partial charge in [0.15, 0.2) is 0 Å². The van der Waals surface area contributed by atoms with E-state index in [2.05, 4.69) is 9.47 Å². The van der Waals surface area contributed by atoms with Crippen molar-refractivity contribution in [2.45, 2.75) is 6.92 Å². The summed E-state index contributed by atoms with van der Waals surface area (Å²) in [5, 5.41) is 0. The topological polar surface area (TPSA) is 38.8 Å². The van der Waals surface area contributed by atoms with Gasteiger partial charge in [0, 0.05) is 6.92 Å². The fourth-order valence-corrected chi connectivity index (χ4v) is 0. The zero-order valence-corrected chi connectivity index (χ0v) is 5.14. The third kappa shape index (κ3) is 18.0. The maximum Gasteiger partial charge on any atom is 0.302 e. The lowest BCUT2D eigenvalue weighted by Crippen LogP contribution is -1.88. The molecule has 0 aromatic heterocycles. The van der Waals surface area contributed by atoms with Crippen molar-refractivity contribution in [3.8, 4) is 0 Å². The highest BCUT2D eigenvalue weighted by molar-refractivity contribution is 5.65. The summed E-state index contributed by atoms with van der Waals surface area (Å²) in [5.41, 5.74) is 0. The van der Waals surface area contributed by atoms with Gasteiger partial charge < -0.3 is 9.47 Å². The van der Waals surface area contributed by atoms with Crippen molar-refractivity contribution in [3.63, 3.8) is 0 Å². The normalized spacial score (nSPS) is 13.2. The van der Waals surface area contributed by atoms with E-state index in [-0.39, 0.29) is 5.97 Å². The number of carbonyl (C=O) groups is 1. The van der Waals surface area contributed by atoms with Crippen LogP contribution in [0.15, 0.2) is 0 Å². The van der Waals surface area contributed by atoms with Gasteiger partial charge in [-0.1, -0.05) is 0 Å². The van der Waals surface area contributed by atoms with Crippen molar-refractivity contribution in [2.24, 2.45) is 0 Å². The predicted octanol–water partition coefficient (Wildman–Crippen LogP) is 0.196. The maximum atomic E-state index is 9.59. The monoisotopic (exact) mass is 118 g/mol. The third-order valence-corrected chi connectivity index (χ3v) is 0.492. The predicted molar refractivity (Wildman–Crippen MR) is 28.5 cm³/mol. The summed E-state index contributed by atoms with van der Waals surface area (Å²) >= 11 is 0. The Balaban J connectivity index is 0.000000135. The van der Waals surface area contributed by atoms with E-state index in [1.807, 2.05) is 0 Å². The SMILES string of the molecule is C1CO1.COC(C)=O. The lowest BCUT2D eigenvalue weighted by atomic mass is 10.8. The van der Waals surface area contributed by atoms with Crippen LogP contribution < -0.4 is 0 Å². The second kappa shape index (κ2) is 4.59. The number of carbonyl (C=O) groups excluding carboxylic acids is 1. The molecule has 3 heteroatoms. The summed E-state index contributed by atoms with van der Waals surface area (Å²) in [6, 6.07) is 0. The van der Waals surface area contributed by atoms with E-state index < -0.39 is 0 Å². The number of epoxide rings is 1. The Hall–Kier alpha value is -0.570. The number of hydrogen-bond donors (Lipinski definition) is 0. The summed E-state index contributed by atoms with van der Waals surface area (Å²) in [5.74, 6) is -0.245. The molecule has 1 aliphatic rings. The molecule has 8 heavy (non-hydrogen) atoms. The van der Waals surface area contributed by atoms with Gasteiger partial charge in [0.25, 0.3) is 0 Å². The van der Waals surface area contributed by atoms with Gasteiger partial charge in [-0.25, -0.2) is 0 Å². The quantitative estimate of drug-likeness (QED) is 0.337. The van der Waals surface area contributed by atoms with Gasteiger partial charge in [0.05, 0.1) is 20.3 Å². The average molecular weight is 118 g/mol. The molecular weight excluding hydrogens is 108 g/mol. The van der Waals surface area contributed by atoms with E-state index in [0.717, 1.165) is 13.2 Å². The van der Waals surface area contributed by atoms with Gasteiger partial charge >= 0.3 is 5.97 Å². The fourth-order valence-electron chi connectivity index (χ4n) is 0. The van der Waals surface area contributed by atoms with Crippen molar-refractivity contribution >= 4 is 5.97 Å². The van der Waals surface area contributed by atoms with Crippen LogP contribution in [0, 0.1) is 0 Å². The summed E-state index contributed by atoms with van der Waals surface area (Å²) in [6.45, 7) is 3.36. The minimum absolute atomic E-state index is 0.245. The van der Waals surface area contributed by atoms with Gasteiger partial charge in [-0.3, -0.25) is 4.79 Å². The van der Waals surface area contributed by atoms with E-state index >= 15 is 0 Å². The molecular formula is C5H10O3. The molecule has 0 aromatic rings. The first kappa shape index (κ1) is 7.43. The van der Waals surface area contributed by atoms with Crippen LogP contribution in [0.2, 0.25) is 0 Å². The second-order valence-electron chi connectivity index (χ2n) is 1.31. The first-order valence-electron chi connectivity index (χ1n) is 2.39. The number of rotatable bonds is 0. The van der Waals surface area contributed by atoms with E-state index in [0.29, 0.717) is 0 Å². The van der Waals surface area contributed by atoms with Crippen LogP contribution in [0.4, 0.5) is 0 Å². The summed E-state index contributed by atoms with van der Waals surface area (Å²) in [4.78, 5) is 9.59. The Morgan fingerprint density at radius 1 is 1.62 bits per heavy atom. The third-order valence-electron chi connectivity index (χ3n) is 0.492. The van der Waals surface area contributed by atoms with Crippen LogP contribution in [0.5, 0.6) is 0 Å². The van der Waals surface area contributed by atoms with Crippen molar-refractivity contribution < 1.29 is 14.3 Å². The molecule has 0 spiro atoms. The first-order valence-corrected chi connectivity index (χ1v) is 2.39. The van der Waals surface area contributed by atoms with Crippen molar-refractivity contribution in [2.75, 3.05) is 20.3 Å². The van der Waals surface area contributed by atoms with E-state index in [1.165, 1.54) is 14.0 Å². The molecule has 0 aromatic carbocycles. The molecule has 1 aliphatic heterocycles. The fraction of sp³-hybridized carbons (Fsp3) is 0.800. The number of methoxy groups -OCH3 is 1. The minimum Gasteiger partial charge on any atom is -0.469 e. The van der Waals surface area contributed by atoms with E-state index in [1.54, 1.807) is 0 Å². The Morgan fingerprint density at radius 2 is 1.88 bits per heavy atom. The first-order chi connectivity index (χ1) is 3.77. The number of esters is 1. The lowest BCUT2D eigenvalue weighted by Gasteiger charge is -1.80. The zero-order valence-electron chi connectivity index (χ0n) is 5.14. The minimum atomic E-state index is -0.245. The molecule has 48 valence electrons. The van der Waals surface area contributed by atoms with Gasteiger partial charge in [-0.15, -0.1) is 0 Å². The zero-order chi connectivity index (χ0) is 6.41. The molecule has 1 saturated heterocycles. The number of hydrogen-bond acceptors (Lipinski definition) is 3. The van der Waals surface area contributed by atoms with Crippen LogP contribution in [-0.4, -0.2) is 26.3 Å².